The van der Waals surface area contributed by atoms with Gasteiger partial charge in [0.25, 0.3) is 0 Å². The summed E-state index contributed by atoms with van der Waals surface area (Å²) in [5, 5.41) is 2.95. The highest BCUT2D eigenvalue weighted by molar-refractivity contribution is 6.24. The second kappa shape index (κ2) is 5.11. The highest BCUT2D eigenvalue weighted by atomic mass is 16.4. The molecule has 1 aliphatic carbocycles. The maximum absolute atomic E-state index is 12.4. The molecule has 0 atom stereocenters. The van der Waals surface area contributed by atoms with E-state index in [1.54, 1.807) is 0 Å². The lowest BCUT2D eigenvalue weighted by Crippen LogP contribution is -2.20. The Kier molecular flexibility index (Phi) is 3.25. The zero-order valence-electron chi connectivity index (χ0n) is 12.1. The maximum Gasteiger partial charge on any atom is 0.245 e. The van der Waals surface area contributed by atoms with E-state index in [-0.39, 0.29) is 34.3 Å². The summed E-state index contributed by atoms with van der Waals surface area (Å²) in [5.41, 5.74) is 1.94. The summed E-state index contributed by atoms with van der Waals surface area (Å²) in [6.45, 7) is 3.21. The Balaban J connectivity index is 1.98. The van der Waals surface area contributed by atoms with Gasteiger partial charge in [-0.25, -0.2) is 0 Å². The molecule has 0 spiro atoms. The van der Waals surface area contributed by atoms with Crippen molar-refractivity contribution in [1.29, 1.82) is 0 Å². The first-order valence-electron chi connectivity index (χ1n) is 6.75. The van der Waals surface area contributed by atoms with Gasteiger partial charge in [0, 0.05) is 18.7 Å². The molecule has 0 bridgehead atoms. The molecule has 2 aromatic rings. The summed E-state index contributed by atoms with van der Waals surface area (Å²) in [7, 11) is 0. The van der Waals surface area contributed by atoms with Crippen LogP contribution in [0.3, 0.4) is 0 Å². The van der Waals surface area contributed by atoms with Crippen LogP contribution in [0.1, 0.15) is 44.0 Å². The number of fused-ring (bicyclic) bond motifs is 1. The monoisotopic (exact) mass is 295 g/mol. The highest BCUT2D eigenvalue weighted by Crippen LogP contribution is 2.26. The van der Waals surface area contributed by atoms with E-state index in [0.717, 1.165) is 11.3 Å². The largest absolute Gasteiger partial charge is 0.449 e. The zero-order valence-corrected chi connectivity index (χ0v) is 12.1. The molecule has 1 aliphatic rings. The van der Waals surface area contributed by atoms with Crippen LogP contribution in [-0.4, -0.2) is 17.3 Å². The molecule has 1 heterocycles. The van der Waals surface area contributed by atoms with Crippen molar-refractivity contribution in [2.45, 2.75) is 13.8 Å². The first-order valence-corrected chi connectivity index (χ1v) is 6.75. The molecule has 0 unspecified atom stereocenters. The molecule has 1 aromatic carbocycles. The van der Waals surface area contributed by atoms with Crippen LogP contribution in [0.4, 0.5) is 5.69 Å². The van der Waals surface area contributed by atoms with E-state index in [4.69, 9.17) is 4.42 Å². The Morgan fingerprint density at radius 2 is 1.91 bits per heavy atom. The third kappa shape index (κ3) is 2.26. The molecular weight excluding hydrogens is 282 g/mol. The second-order valence-electron chi connectivity index (χ2n) is 5.10. The number of furan rings is 1. The van der Waals surface area contributed by atoms with Crippen LogP contribution in [0.25, 0.3) is 0 Å². The van der Waals surface area contributed by atoms with Gasteiger partial charge in [-0.2, -0.15) is 0 Å². The van der Waals surface area contributed by atoms with Crippen molar-refractivity contribution in [1.82, 2.24) is 0 Å². The lowest BCUT2D eigenvalue weighted by molar-refractivity contribution is 0.0950. The summed E-state index contributed by atoms with van der Waals surface area (Å²) in [6.07, 6.45) is 1.23. The summed E-state index contributed by atoms with van der Waals surface area (Å²) in [6, 6.07) is 8.74. The van der Waals surface area contributed by atoms with Gasteiger partial charge in [-0.1, -0.05) is 18.2 Å². The number of nitrogens with one attached hydrogen (secondary N) is 1. The fourth-order valence-corrected chi connectivity index (χ4v) is 2.26. The van der Waals surface area contributed by atoms with Crippen molar-refractivity contribution in [3.63, 3.8) is 0 Å². The molecule has 1 N–H and O–H groups in total. The molecule has 0 saturated carbocycles. The number of rotatable bonds is 3. The van der Waals surface area contributed by atoms with Crippen LogP contribution in [0.5, 0.6) is 0 Å². The fourth-order valence-electron chi connectivity index (χ4n) is 2.26. The van der Waals surface area contributed by atoms with Crippen LogP contribution in [0, 0.1) is 6.92 Å². The average molecular weight is 295 g/mol. The molecule has 0 amide bonds. The molecule has 3 rings (SSSR count). The third-order valence-electron chi connectivity index (χ3n) is 3.49. The number of hydrogen-bond donors (Lipinski definition) is 1. The minimum Gasteiger partial charge on any atom is -0.449 e. The van der Waals surface area contributed by atoms with Gasteiger partial charge in [-0.05, 0) is 24.6 Å². The average Bonchev–Trinajstić information content (AvgIpc) is 2.93. The molecule has 5 nitrogen and oxygen atoms in total. The predicted molar refractivity (Wildman–Crippen MR) is 80.3 cm³/mol. The number of allylic oxidation sites excluding steroid dienone is 2. The summed E-state index contributed by atoms with van der Waals surface area (Å²) >= 11 is 0. The minimum absolute atomic E-state index is 0.0113. The minimum atomic E-state index is -0.439. The van der Waals surface area contributed by atoms with Crippen molar-refractivity contribution in [3.8, 4) is 0 Å². The van der Waals surface area contributed by atoms with E-state index in [2.05, 4.69) is 5.32 Å². The first-order chi connectivity index (χ1) is 10.5. The van der Waals surface area contributed by atoms with Crippen LogP contribution in [0.2, 0.25) is 0 Å². The molecule has 110 valence electrons. The van der Waals surface area contributed by atoms with Crippen molar-refractivity contribution >= 4 is 23.0 Å². The molecule has 22 heavy (non-hydrogen) atoms. The zero-order chi connectivity index (χ0) is 15.9. The number of aryl methyl sites for hydroxylation is 1. The van der Waals surface area contributed by atoms with Crippen LogP contribution in [0.15, 0.2) is 46.5 Å². The SMILES string of the molecule is CC(=O)c1cc2c(o1)C(=O)C(Nc1ccccc1C)=CC2=O. The Hall–Kier alpha value is -2.95. The number of Topliss-reactive ketones (excluding diaryl/α,β-unsaturated/α-hetero) is 2. The number of carbonyl (C=O) groups is 3. The van der Waals surface area contributed by atoms with Gasteiger partial charge in [-0.15, -0.1) is 0 Å². The Morgan fingerprint density at radius 3 is 2.59 bits per heavy atom. The van der Waals surface area contributed by atoms with Crippen LogP contribution in [-0.2, 0) is 0 Å². The number of benzene rings is 1. The van der Waals surface area contributed by atoms with E-state index < -0.39 is 5.78 Å². The lowest BCUT2D eigenvalue weighted by Gasteiger charge is -2.14. The van der Waals surface area contributed by atoms with E-state index in [0.29, 0.717) is 0 Å². The molecule has 0 aliphatic heterocycles. The van der Waals surface area contributed by atoms with Gasteiger partial charge in [0.05, 0.1) is 11.3 Å². The summed E-state index contributed by atoms with van der Waals surface area (Å²) in [5.74, 6) is -1.21. The number of anilines is 1. The Morgan fingerprint density at radius 1 is 1.18 bits per heavy atom. The Bertz CT molecular complexity index is 842. The fraction of sp³-hybridized carbons (Fsp3) is 0.118. The van der Waals surface area contributed by atoms with Crippen molar-refractivity contribution in [2.24, 2.45) is 0 Å². The van der Waals surface area contributed by atoms with Crippen molar-refractivity contribution in [2.75, 3.05) is 5.32 Å². The van der Waals surface area contributed by atoms with Gasteiger partial charge in [0.2, 0.25) is 5.78 Å². The normalized spacial score (nSPS) is 13.6. The number of ketones is 3. The van der Waals surface area contributed by atoms with Crippen molar-refractivity contribution < 1.29 is 18.8 Å². The Labute approximate surface area is 126 Å². The molecule has 0 radical (unpaired) electrons. The molecule has 1 aromatic heterocycles. The van der Waals surface area contributed by atoms with Crippen LogP contribution < -0.4 is 5.32 Å². The maximum atomic E-state index is 12.4. The van der Waals surface area contributed by atoms with Crippen LogP contribution >= 0.6 is 0 Å². The van der Waals surface area contributed by atoms with Gasteiger partial charge < -0.3 is 9.73 Å². The van der Waals surface area contributed by atoms with Gasteiger partial charge in [0.1, 0.15) is 0 Å². The van der Waals surface area contributed by atoms with E-state index in [1.165, 1.54) is 19.1 Å². The number of hydrogen-bond acceptors (Lipinski definition) is 5. The molecule has 5 heteroatoms. The van der Waals surface area contributed by atoms with E-state index in [9.17, 15) is 14.4 Å². The predicted octanol–water partition coefficient (Wildman–Crippen LogP) is 3.17. The standard InChI is InChI=1S/C17H13NO4/c1-9-5-3-4-6-12(9)18-13-8-14(20)11-7-15(10(2)19)22-17(11)16(13)21/h3-8,18H,1-2H3. The van der Waals surface area contributed by atoms with E-state index >= 15 is 0 Å². The molecular formula is C17H13NO4. The van der Waals surface area contributed by atoms with Gasteiger partial charge in [-0.3, -0.25) is 14.4 Å². The number of para-hydroxylation sites is 1. The quantitative estimate of drug-likeness (QED) is 0.880. The van der Waals surface area contributed by atoms with Gasteiger partial charge >= 0.3 is 0 Å². The van der Waals surface area contributed by atoms with Crippen molar-refractivity contribution in [3.05, 3.63) is 64.8 Å². The third-order valence-corrected chi connectivity index (χ3v) is 3.49. The second-order valence-corrected chi connectivity index (χ2v) is 5.10. The number of carbonyl (C=O) groups excluding carboxylic acids is 3. The molecule has 0 saturated heterocycles. The lowest BCUT2D eigenvalue weighted by atomic mass is 9.99. The summed E-state index contributed by atoms with van der Waals surface area (Å²) in [4.78, 5) is 35.9. The topological polar surface area (TPSA) is 76.4 Å². The smallest absolute Gasteiger partial charge is 0.245 e. The van der Waals surface area contributed by atoms with Gasteiger partial charge in [0.15, 0.2) is 23.1 Å². The first kappa shape index (κ1) is 14.0. The highest BCUT2D eigenvalue weighted by Gasteiger charge is 2.31. The summed E-state index contributed by atoms with van der Waals surface area (Å²) < 4.78 is 5.25. The molecule has 0 fully saturated rings. The van der Waals surface area contributed by atoms with E-state index in [1.807, 2.05) is 31.2 Å².